The fourth-order valence-corrected chi connectivity index (χ4v) is 4.98. The Kier molecular flexibility index (Phi) is 26.0. The van der Waals surface area contributed by atoms with Crippen molar-refractivity contribution in [2.24, 2.45) is 35.3 Å². The third-order valence-corrected chi connectivity index (χ3v) is 9.60. The Morgan fingerprint density at radius 2 is 1.25 bits per heavy atom. The lowest BCUT2D eigenvalue weighted by molar-refractivity contribution is -0.140. The number of piperazine rings is 3. The smallest absolute Gasteiger partial charge is 0.305 e. The summed E-state index contributed by atoms with van der Waals surface area (Å²) in [5.74, 6) is 0.178. The van der Waals surface area contributed by atoms with Gasteiger partial charge in [-0.2, -0.15) is 0 Å². The van der Waals surface area contributed by atoms with Crippen LogP contribution in [0.5, 0.6) is 0 Å². The van der Waals surface area contributed by atoms with Crippen molar-refractivity contribution in [3.8, 4) is 0 Å². The average molecular weight is 726 g/mol. The first-order chi connectivity index (χ1) is 23.4. The number of amides is 1. The summed E-state index contributed by atoms with van der Waals surface area (Å²) in [4.78, 5) is 68.6. The highest BCUT2D eigenvalue weighted by atomic mass is 16.4. The number of carboxylic acid groups (broad SMARTS) is 1. The zero-order chi connectivity index (χ0) is 40.2. The Morgan fingerprint density at radius 3 is 1.51 bits per heavy atom. The number of nitrogens with two attached hydrogens (primary N) is 1. The third kappa shape index (κ3) is 23.6. The van der Waals surface area contributed by atoms with E-state index in [1.165, 1.54) is 59.4 Å². The highest BCUT2D eigenvalue weighted by molar-refractivity contribution is 5.96. The van der Waals surface area contributed by atoms with E-state index in [1.807, 2.05) is 13.8 Å². The molecule has 5 rings (SSSR count). The van der Waals surface area contributed by atoms with Crippen LogP contribution in [0.2, 0.25) is 0 Å². The van der Waals surface area contributed by atoms with Crippen LogP contribution in [0.25, 0.3) is 0 Å². The van der Waals surface area contributed by atoms with E-state index in [1.54, 1.807) is 41.5 Å². The maximum atomic E-state index is 11.1. The molecule has 5 N–H and O–H groups in total. The Morgan fingerprint density at radius 1 is 0.804 bits per heavy atom. The molecule has 5 saturated heterocycles. The molecule has 298 valence electrons. The van der Waals surface area contributed by atoms with Gasteiger partial charge in [-0.15, -0.1) is 0 Å². The summed E-state index contributed by atoms with van der Waals surface area (Å²) in [6.07, 6.45) is 3.56. The molecular formula is C39H75N5O7. The minimum atomic E-state index is -0.741. The van der Waals surface area contributed by atoms with Gasteiger partial charge >= 0.3 is 5.97 Å². The molecule has 0 spiro atoms. The number of carbonyl (C=O) groups is 6. The van der Waals surface area contributed by atoms with Crippen LogP contribution in [0.4, 0.5) is 0 Å². The van der Waals surface area contributed by atoms with Gasteiger partial charge in [-0.1, -0.05) is 48.5 Å². The Hall–Kier alpha value is -2.54. The number of nitrogens with zero attached hydrogens (tertiary/aromatic N) is 2. The second-order valence-corrected chi connectivity index (χ2v) is 15.7. The number of fused-ring (bicyclic) bond motifs is 3. The first-order valence-corrected chi connectivity index (χ1v) is 19.0. The summed E-state index contributed by atoms with van der Waals surface area (Å²) in [6, 6.07) is 1.83. The predicted molar refractivity (Wildman–Crippen MR) is 205 cm³/mol. The van der Waals surface area contributed by atoms with Crippen molar-refractivity contribution in [2.45, 2.75) is 153 Å². The van der Waals surface area contributed by atoms with Gasteiger partial charge in [0.25, 0.3) is 0 Å². The minimum absolute atomic E-state index is 0.00731. The average Bonchev–Trinajstić information content (AvgIpc) is 3.03. The van der Waals surface area contributed by atoms with E-state index < -0.39 is 5.97 Å². The topological polar surface area (TPSA) is 179 Å². The fourth-order valence-electron chi connectivity index (χ4n) is 4.98. The number of hydrogen-bond acceptors (Lipinski definition) is 10. The van der Waals surface area contributed by atoms with Crippen LogP contribution in [-0.2, 0) is 28.8 Å². The van der Waals surface area contributed by atoms with Gasteiger partial charge in [0.1, 0.15) is 17.3 Å². The van der Waals surface area contributed by atoms with Gasteiger partial charge in [-0.3, -0.25) is 38.6 Å². The van der Waals surface area contributed by atoms with Crippen LogP contribution in [0.3, 0.4) is 0 Å². The van der Waals surface area contributed by atoms with Gasteiger partial charge in [0.2, 0.25) is 5.91 Å². The molecule has 1 amide bonds. The standard InChI is InChI=1S/C9H16O2.C8H16N2.C7H11NO2.C7H15N.C4H9NO.C4H8O2/c1-6(2)9(11)5-7(3)8(4)10;1-7-5-10-4-3-9(7)6-8(10)2;1-4-3-6(9)5(2)8-7(4)10;1-6-3-4-7(2)8-5-6;1-3(5)4(2)6;1-3(2)4(5)6/h6-7H,5H2,1-4H3;7-8H,3-6H2,1-2H3;4-5H,3H2,1-2H3,(H,8,10);6-8H,3-5H2,1-2H3;3H,5H2,1-2H3;3H,1-2H3,(H,5,6). The molecule has 5 aliphatic heterocycles. The van der Waals surface area contributed by atoms with Crippen molar-refractivity contribution in [2.75, 3.05) is 32.7 Å². The van der Waals surface area contributed by atoms with E-state index in [2.05, 4.69) is 48.1 Å². The van der Waals surface area contributed by atoms with Gasteiger partial charge in [0.05, 0.1) is 18.0 Å². The molecule has 10 unspecified atom stereocenters. The van der Waals surface area contributed by atoms with Crippen LogP contribution in [-0.4, -0.2) is 113 Å². The third-order valence-electron chi connectivity index (χ3n) is 9.60. The predicted octanol–water partition coefficient (Wildman–Crippen LogP) is 4.37. The van der Waals surface area contributed by atoms with Crippen molar-refractivity contribution in [3.05, 3.63) is 0 Å². The van der Waals surface area contributed by atoms with E-state index in [4.69, 9.17) is 10.8 Å². The summed E-state index contributed by atoms with van der Waals surface area (Å²) >= 11 is 0. The molecule has 0 aliphatic carbocycles. The van der Waals surface area contributed by atoms with E-state index in [0.29, 0.717) is 12.8 Å². The van der Waals surface area contributed by atoms with Crippen molar-refractivity contribution in [1.29, 1.82) is 0 Å². The molecule has 0 radical (unpaired) electrons. The highest BCUT2D eigenvalue weighted by Crippen LogP contribution is 2.19. The molecule has 5 heterocycles. The Labute approximate surface area is 309 Å². The van der Waals surface area contributed by atoms with Crippen LogP contribution in [0.15, 0.2) is 0 Å². The van der Waals surface area contributed by atoms with E-state index >= 15 is 0 Å². The molecule has 51 heavy (non-hydrogen) atoms. The lowest BCUT2D eigenvalue weighted by Gasteiger charge is -2.50. The molecule has 5 fully saturated rings. The summed E-state index contributed by atoms with van der Waals surface area (Å²) in [5.41, 5.74) is 5.09. The minimum Gasteiger partial charge on any atom is -0.481 e. The monoisotopic (exact) mass is 726 g/mol. The molecule has 12 nitrogen and oxygen atoms in total. The number of ketones is 4. The van der Waals surface area contributed by atoms with Gasteiger partial charge in [-0.05, 0) is 73.8 Å². The fraction of sp³-hybridized carbons (Fsp3) is 0.846. The van der Waals surface area contributed by atoms with Crippen molar-refractivity contribution >= 4 is 35.0 Å². The quantitative estimate of drug-likeness (QED) is 0.306. The number of carbonyl (C=O) groups excluding carboxylic acids is 5. The second kappa shape index (κ2) is 26.3. The number of aliphatic carboxylic acids is 1. The number of rotatable bonds is 6. The maximum absolute atomic E-state index is 11.1. The largest absolute Gasteiger partial charge is 0.481 e. The summed E-state index contributed by atoms with van der Waals surface area (Å²) in [5, 5.41) is 14.0. The number of carboxylic acids is 1. The molecule has 0 aromatic heterocycles. The van der Waals surface area contributed by atoms with E-state index in [9.17, 15) is 28.8 Å². The van der Waals surface area contributed by atoms with Crippen LogP contribution < -0.4 is 16.4 Å². The normalized spacial score (nSPS) is 28.9. The number of Topliss-reactive ketones (excluding diaryl/α,β-unsaturated/α-hetero) is 4. The first-order valence-electron chi connectivity index (χ1n) is 19.0. The Balaban J connectivity index is 0. The van der Waals surface area contributed by atoms with Gasteiger partial charge in [-0.25, -0.2) is 0 Å². The van der Waals surface area contributed by atoms with Crippen molar-refractivity contribution < 1.29 is 33.9 Å². The number of piperidine rings is 2. The van der Waals surface area contributed by atoms with Crippen molar-refractivity contribution in [1.82, 2.24) is 20.4 Å². The summed E-state index contributed by atoms with van der Waals surface area (Å²) in [7, 11) is 0. The molecule has 0 aromatic rings. The van der Waals surface area contributed by atoms with Gasteiger partial charge in [0.15, 0.2) is 5.78 Å². The lowest BCUT2D eigenvalue weighted by atomic mass is 9.95. The number of hydrogen-bond donors (Lipinski definition) is 4. The molecule has 12 heteroatoms. The summed E-state index contributed by atoms with van der Waals surface area (Å²) < 4.78 is 0. The maximum Gasteiger partial charge on any atom is 0.305 e. The van der Waals surface area contributed by atoms with Crippen molar-refractivity contribution in [3.63, 3.8) is 0 Å². The van der Waals surface area contributed by atoms with Crippen LogP contribution in [0.1, 0.15) is 123 Å². The first kappa shape index (κ1) is 50.6. The lowest BCUT2D eigenvalue weighted by Crippen LogP contribution is -2.63. The molecule has 0 saturated carbocycles. The molecule has 2 bridgehead atoms. The van der Waals surface area contributed by atoms with E-state index in [0.717, 1.165) is 24.0 Å². The SMILES string of the molecule is CC(=O)C(C)CC(=O)C(C)C.CC(=O)C(C)N.CC(C)C(=O)O.CC1CC(=O)C(C)NC1=O.CC1CCC(C)NC1.CC1CN2CCN1CC2C. The molecule has 0 aromatic carbocycles. The molecule has 5 aliphatic rings. The number of nitrogens with one attached hydrogen (secondary N) is 2. The Bertz CT molecular complexity index is 1010. The second-order valence-electron chi connectivity index (χ2n) is 15.7. The van der Waals surface area contributed by atoms with Gasteiger partial charge in [0, 0.05) is 74.9 Å². The zero-order valence-electron chi connectivity index (χ0n) is 34.5. The van der Waals surface area contributed by atoms with E-state index in [-0.39, 0.29) is 64.8 Å². The van der Waals surface area contributed by atoms with Crippen LogP contribution >= 0.6 is 0 Å². The zero-order valence-corrected chi connectivity index (χ0v) is 34.5. The summed E-state index contributed by atoms with van der Waals surface area (Å²) in [6.45, 7) is 32.6. The highest BCUT2D eigenvalue weighted by Gasteiger charge is 2.33. The molecular weight excluding hydrogens is 650 g/mol. The van der Waals surface area contributed by atoms with Gasteiger partial charge < -0.3 is 21.5 Å². The van der Waals surface area contributed by atoms with Crippen LogP contribution in [0, 0.1) is 29.6 Å². The molecule has 10 atom stereocenters.